The maximum Gasteiger partial charge on any atom is 0.294 e. The lowest BCUT2D eigenvalue weighted by atomic mass is 9.96. The van der Waals surface area contributed by atoms with Crippen LogP contribution >= 0.6 is 0 Å². The van der Waals surface area contributed by atoms with Crippen molar-refractivity contribution in [1.82, 2.24) is 15.3 Å². The molecular weight excluding hydrogens is 386 g/mol. The number of carbonyl (C=O) groups is 1. The summed E-state index contributed by atoms with van der Waals surface area (Å²) in [7, 11) is 0. The van der Waals surface area contributed by atoms with Gasteiger partial charge in [-0.15, -0.1) is 0 Å². The number of fused-ring (bicyclic) bond motifs is 1. The van der Waals surface area contributed by atoms with Gasteiger partial charge in [-0.25, -0.2) is 4.98 Å². The third kappa shape index (κ3) is 4.12. The number of nitro benzene ring substituents is 1. The van der Waals surface area contributed by atoms with Crippen molar-refractivity contribution in [1.29, 1.82) is 0 Å². The van der Waals surface area contributed by atoms with E-state index in [2.05, 4.69) is 20.5 Å². The molecule has 4 rings (SSSR count). The summed E-state index contributed by atoms with van der Waals surface area (Å²) in [5.41, 5.74) is 8.34. The fourth-order valence-electron chi connectivity index (χ4n) is 4.16. The van der Waals surface area contributed by atoms with Crippen LogP contribution in [-0.2, 0) is 17.6 Å². The molecule has 0 saturated carbocycles. The number of nitrogen functional groups attached to an aromatic ring is 1. The Kier molecular flexibility index (Phi) is 5.39. The van der Waals surface area contributed by atoms with E-state index in [9.17, 15) is 14.9 Å². The molecule has 1 amide bonds. The predicted molar refractivity (Wildman–Crippen MR) is 114 cm³/mol. The van der Waals surface area contributed by atoms with Crippen molar-refractivity contribution in [2.24, 2.45) is 0 Å². The van der Waals surface area contributed by atoms with Crippen molar-refractivity contribution >= 4 is 34.7 Å². The smallest absolute Gasteiger partial charge is 0.294 e. The fourth-order valence-corrected chi connectivity index (χ4v) is 4.16. The van der Waals surface area contributed by atoms with Gasteiger partial charge in [0.15, 0.2) is 0 Å². The molecule has 0 bridgehead atoms. The molecule has 2 aliphatic rings. The maximum absolute atomic E-state index is 11.4. The molecule has 1 fully saturated rings. The first-order valence-electron chi connectivity index (χ1n) is 10.1. The van der Waals surface area contributed by atoms with Crippen LogP contribution in [0.5, 0.6) is 0 Å². The number of hydrogen-bond acceptors (Lipinski definition) is 8. The highest BCUT2D eigenvalue weighted by Crippen LogP contribution is 2.32. The zero-order valence-corrected chi connectivity index (χ0v) is 16.9. The number of hydrogen-bond donors (Lipinski definition) is 3. The first-order valence-corrected chi connectivity index (χ1v) is 10.1. The van der Waals surface area contributed by atoms with Gasteiger partial charge >= 0.3 is 0 Å². The Balaban J connectivity index is 1.64. The van der Waals surface area contributed by atoms with E-state index in [1.54, 1.807) is 6.07 Å². The summed E-state index contributed by atoms with van der Waals surface area (Å²) in [6, 6.07) is 4.67. The quantitative estimate of drug-likeness (QED) is 0.387. The van der Waals surface area contributed by atoms with Crippen LogP contribution in [0.3, 0.4) is 0 Å². The van der Waals surface area contributed by atoms with E-state index in [0.29, 0.717) is 18.2 Å². The molecule has 158 valence electrons. The molecular formula is C20H25N7O3. The summed E-state index contributed by atoms with van der Waals surface area (Å²) >= 11 is 0. The molecule has 2 heterocycles. The van der Waals surface area contributed by atoms with Crippen LogP contribution < -0.4 is 21.3 Å². The molecule has 1 atom stereocenters. The Labute approximate surface area is 174 Å². The lowest BCUT2D eigenvalue weighted by molar-refractivity contribution is -0.383. The Hall–Kier alpha value is -3.43. The second-order valence-electron chi connectivity index (χ2n) is 7.79. The number of aryl methyl sites for hydroxylation is 1. The molecule has 0 radical (unpaired) electrons. The van der Waals surface area contributed by atoms with Gasteiger partial charge in [-0.2, -0.15) is 4.98 Å². The van der Waals surface area contributed by atoms with Crippen molar-refractivity contribution in [3.8, 4) is 0 Å². The van der Waals surface area contributed by atoms with Gasteiger partial charge in [-0.3, -0.25) is 14.9 Å². The van der Waals surface area contributed by atoms with Crippen LogP contribution in [0, 0.1) is 10.1 Å². The molecule has 4 N–H and O–H groups in total. The summed E-state index contributed by atoms with van der Waals surface area (Å²) in [6.07, 6.45) is 4.85. The van der Waals surface area contributed by atoms with E-state index in [0.717, 1.165) is 50.2 Å². The summed E-state index contributed by atoms with van der Waals surface area (Å²) < 4.78 is 0. The zero-order chi connectivity index (χ0) is 21.3. The predicted octanol–water partition coefficient (Wildman–Crippen LogP) is 2.30. The number of carbonyl (C=O) groups excluding carboxylic acids is 1. The number of nitrogens with one attached hydrogen (secondary N) is 2. The number of nitrogens with two attached hydrogens (primary N) is 1. The monoisotopic (exact) mass is 411 g/mol. The minimum Gasteiger partial charge on any atom is -0.393 e. The molecule has 2 aromatic rings. The molecule has 10 nitrogen and oxygen atoms in total. The number of nitro groups is 1. The second kappa shape index (κ2) is 8.13. The summed E-state index contributed by atoms with van der Waals surface area (Å²) in [5, 5.41) is 17.3. The molecule has 1 aromatic heterocycles. The second-order valence-corrected chi connectivity index (χ2v) is 7.79. The van der Waals surface area contributed by atoms with Crippen molar-refractivity contribution < 1.29 is 9.72 Å². The van der Waals surface area contributed by atoms with E-state index in [-0.39, 0.29) is 23.3 Å². The van der Waals surface area contributed by atoms with Gasteiger partial charge in [0, 0.05) is 43.4 Å². The Morgan fingerprint density at radius 1 is 1.30 bits per heavy atom. The van der Waals surface area contributed by atoms with Crippen LogP contribution in [0.1, 0.15) is 37.4 Å². The highest BCUT2D eigenvalue weighted by Gasteiger charge is 2.28. The minimum absolute atomic E-state index is 0.0288. The van der Waals surface area contributed by atoms with Crippen molar-refractivity contribution in [2.45, 2.75) is 45.1 Å². The van der Waals surface area contributed by atoms with Crippen molar-refractivity contribution in [2.75, 3.05) is 29.0 Å². The van der Waals surface area contributed by atoms with Crippen LogP contribution in [0.25, 0.3) is 0 Å². The Morgan fingerprint density at radius 3 is 2.87 bits per heavy atom. The van der Waals surface area contributed by atoms with E-state index in [1.165, 1.54) is 24.6 Å². The standard InChI is InChI=1S/C20H25N7O3/c1-12(28)22-14-8-9-26(11-14)19-15-4-2-3-5-17(15)24-20(25-19)23-13-6-7-16(21)18(10-13)27(29)30/h6-7,10,14H,2-5,8-9,11,21H2,1H3,(H,22,28)(H,23,24,25). The first kappa shape index (κ1) is 19.9. The topological polar surface area (TPSA) is 139 Å². The number of nitrogens with zero attached hydrogens (tertiary/aromatic N) is 4. The van der Waals surface area contributed by atoms with Gasteiger partial charge in [0.25, 0.3) is 5.69 Å². The van der Waals surface area contributed by atoms with Gasteiger partial charge in [-0.05, 0) is 44.2 Å². The molecule has 1 aliphatic heterocycles. The lowest BCUT2D eigenvalue weighted by Gasteiger charge is -2.25. The highest BCUT2D eigenvalue weighted by molar-refractivity contribution is 5.73. The first-order chi connectivity index (χ1) is 14.4. The third-order valence-electron chi connectivity index (χ3n) is 5.54. The van der Waals surface area contributed by atoms with Gasteiger partial charge in [0.1, 0.15) is 11.5 Å². The summed E-state index contributed by atoms with van der Waals surface area (Å²) in [4.78, 5) is 33.7. The Morgan fingerprint density at radius 2 is 2.10 bits per heavy atom. The Bertz CT molecular complexity index is 995. The number of anilines is 4. The fraction of sp³-hybridized carbons (Fsp3) is 0.450. The molecule has 30 heavy (non-hydrogen) atoms. The summed E-state index contributed by atoms with van der Waals surface area (Å²) in [5.74, 6) is 1.27. The maximum atomic E-state index is 11.4. The van der Waals surface area contributed by atoms with Crippen LogP contribution in [0.2, 0.25) is 0 Å². The van der Waals surface area contributed by atoms with Crippen LogP contribution in [0.15, 0.2) is 18.2 Å². The zero-order valence-electron chi connectivity index (χ0n) is 16.9. The van der Waals surface area contributed by atoms with Gasteiger partial charge in [0.2, 0.25) is 11.9 Å². The average molecular weight is 411 g/mol. The van der Waals surface area contributed by atoms with E-state index >= 15 is 0 Å². The largest absolute Gasteiger partial charge is 0.393 e. The molecule has 1 unspecified atom stereocenters. The van der Waals surface area contributed by atoms with Gasteiger partial charge < -0.3 is 21.3 Å². The van der Waals surface area contributed by atoms with E-state index in [4.69, 9.17) is 10.7 Å². The number of aromatic nitrogens is 2. The highest BCUT2D eigenvalue weighted by atomic mass is 16.6. The normalized spacial score (nSPS) is 18.0. The SMILES string of the molecule is CC(=O)NC1CCN(c2nc(Nc3ccc(N)c([N+](=O)[O-])c3)nc3c2CCCC3)C1. The molecule has 1 aliphatic carbocycles. The molecule has 1 saturated heterocycles. The molecule has 1 aromatic carbocycles. The number of benzene rings is 1. The molecule has 10 heteroatoms. The summed E-state index contributed by atoms with van der Waals surface area (Å²) in [6.45, 7) is 3.04. The van der Waals surface area contributed by atoms with Gasteiger partial charge in [-0.1, -0.05) is 0 Å². The average Bonchev–Trinajstić information content (AvgIpc) is 3.16. The number of amides is 1. The lowest BCUT2D eigenvalue weighted by Crippen LogP contribution is -2.36. The van der Waals surface area contributed by atoms with Crippen molar-refractivity contribution in [3.63, 3.8) is 0 Å². The number of rotatable bonds is 5. The third-order valence-corrected chi connectivity index (χ3v) is 5.54. The van der Waals surface area contributed by atoms with E-state index < -0.39 is 4.92 Å². The minimum atomic E-state index is -0.508. The van der Waals surface area contributed by atoms with Crippen molar-refractivity contribution in [3.05, 3.63) is 39.6 Å². The van der Waals surface area contributed by atoms with Crippen LogP contribution in [0.4, 0.5) is 28.8 Å². The molecule has 0 spiro atoms. The van der Waals surface area contributed by atoms with Gasteiger partial charge in [0.05, 0.1) is 10.6 Å². The van der Waals surface area contributed by atoms with Crippen LogP contribution in [-0.4, -0.2) is 39.9 Å². The van der Waals surface area contributed by atoms with E-state index in [1.807, 2.05) is 0 Å².